The van der Waals surface area contributed by atoms with Crippen molar-refractivity contribution in [2.45, 2.75) is 26.4 Å². The Morgan fingerprint density at radius 3 is 2.29 bits per heavy atom. The van der Waals surface area contributed by atoms with Crippen LogP contribution in [0.4, 0.5) is 0 Å². The number of carbonyl (C=O) groups is 3. The van der Waals surface area contributed by atoms with Gasteiger partial charge in [0, 0.05) is 6.92 Å². The lowest BCUT2D eigenvalue weighted by Gasteiger charge is -2.12. The van der Waals surface area contributed by atoms with Crippen LogP contribution >= 0.6 is 0 Å². The maximum Gasteiger partial charge on any atom is 0.348 e. The van der Waals surface area contributed by atoms with Gasteiger partial charge in [0.25, 0.3) is 0 Å². The van der Waals surface area contributed by atoms with Crippen molar-refractivity contribution in [1.82, 2.24) is 0 Å². The molecule has 0 heterocycles. The van der Waals surface area contributed by atoms with Crippen LogP contribution in [0.5, 0.6) is 0 Å². The lowest BCUT2D eigenvalue weighted by Crippen LogP contribution is -2.30. The van der Waals surface area contributed by atoms with Gasteiger partial charge in [0.05, 0.1) is 13.0 Å². The minimum atomic E-state index is -1.36. The minimum absolute atomic E-state index is 0.107. The summed E-state index contributed by atoms with van der Waals surface area (Å²) in [5, 5.41) is 8.41. The minimum Gasteiger partial charge on any atom is -0.481 e. The van der Waals surface area contributed by atoms with E-state index < -0.39 is 30.4 Å². The molecule has 0 aromatic rings. The van der Waals surface area contributed by atoms with Crippen LogP contribution in [0, 0.1) is 0 Å². The third-order valence-electron chi connectivity index (χ3n) is 1.22. The first-order chi connectivity index (χ1) is 6.47. The molecule has 0 aliphatic heterocycles. The normalized spacial score (nSPS) is 11.6. The Bertz CT molecular complexity index is 218. The van der Waals surface area contributed by atoms with E-state index in [1.165, 1.54) is 0 Å². The molecule has 0 aliphatic carbocycles. The molecule has 0 fully saturated rings. The molecule has 0 spiro atoms. The van der Waals surface area contributed by atoms with Gasteiger partial charge in [-0.1, -0.05) is 0 Å². The van der Waals surface area contributed by atoms with E-state index >= 15 is 0 Å². The van der Waals surface area contributed by atoms with Crippen molar-refractivity contribution in [3.8, 4) is 0 Å². The topological polar surface area (TPSA) is 89.9 Å². The van der Waals surface area contributed by atoms with Crippen molar-refractivity contribution >= 4 is 17.9 Å². The molecular formula is C8H12O6. The smallest absolute Gasteiger partial charge is 0.348 e. The molecule has 6 heteroatoms. The molecular weight excluding hydrogens is 192 g/mol. The van der Waals surface area contributed by atoms with Crippen LogP contribution in [0.1, 0.15) is 20.3 Å². The Morgan fingerprint density at radius 2 is 1.93 bits per heavy atom. The Kier molecular flexibility index (Phi) is 5.28. The number of aliphatic carboxylic acids is 1. The van der Waals surface area contributed by atoms with Gasteiger partial charge >= 0.3 is 17.9 Å². The Balaban J connectivity index is 4.29. The predicted octanol–water partition coefficient (Wildman–Crippen LogP) is -0.0441. The van der Waals surface area contributed by atoms with Gasteiger partial charge in [0.15, 0.2) is 0 Å². The highest BCUT2D eigenvalue weighted by Crippen LogP contribution is 2.02. The van der Waals surface area contributed by atoms with E-state index in [4.69, 9.17) is 5.11 Å². The highest BCUT2D eigenvalue weighted by Gasteiger charge is 2.25. The Hall–Kier alpha value is -1.59. The molecule has 80 valence electrons. The molecule has 0 bridgehead atoms. The molecule has 0 radical (unpaired) electrons. The van der Waals surface area contributed by atoms with Crippen LogP contribution in [0.25, 0.3) is 0 Å². The van der Waals surface area contributed by atoms with Crippen molar-refractivity contribution < 1.29 is 29.0 Å². The second-order valence-corrected chi connectivity index (χ2v) is 2.45. The van der Waals surface area contributed by atoms with Gasteiger partial charge in [-0.25, -0.2) is 4.79 Å². The first-order valence-electron chi connectivity index (χ1n) is 4.03. The summed E-state index contributed by atoms with van der Waals surface area (Å²) >= 11 is 0. The standard InChI is InChI=1S/C8H12O6/c1-3-13-8(12)6(4-7(10)11)14-5(2)9/h6H,3-4H2,1-2H3,(H,10,11)/t6-/m1/s1. The predicted molar refractivity (Wildman–Crippen MR) is 44.4 cm³/mol. The summed E-state index contributed by atoms with van der Waals surface area (Å²) in [6.07, 6.45) is -1.94. The highest BCUT2D eigenvalue weighted by atomic mass is 16.6. The third kappa shape index (κ3) is 5.13. The van der Waals surface area contributed by atoms with E-state index in [9.17, 15) is 14.4 Å². The van der Waals surface area contributed by atoms with E-state index in [1.54, 1.807) is 6.92 Å². The van der Waals surface area contributed by atoms with Crippen LogP contribution in [0.2, 0.25) is 0 Å². The molecule has 0 amide bonds. The second-order valence-electron chi connectivity index (χ2n) is 2.45. The van der Waals surface area contributed by atoms with Gasteiger partial charge in [-0.3, -0.25) is 9.59 Å². The maximum atomic E-state index is 11.1. The second kappa shape index (κ2) is 5.95. The fraction of sp³-hybridized carbons (Fsp3) is 0.625. The quantitative estimate of drug-likeness (QED) is 0.632. The molecule has 0 saturated carbocycles. The number of carboxylic acid groups (broad SMARTS) is 1. The molecule has 0 saturated heterocycles. The number of rotatable bonds is 5. The monoisotopic (exact) mass is 204 g/mol. The number of hydrogen-bond acceptors (Lipinski definition) is 5. The van der Waals surface area contributed by atoms with Crippen molar-refractivity contribution in [3.05, 3.63) is 0 Å². The number of ether oxygens (including phenoxy) is 2. The van der Waals surface area contributed by atoms with Crippen LogP contribution in [0.3, 0.4) is 0 Å². The summed E-state index contributed by atoms with van der Waals surface area (Å²) < 4.78 is 9.01. The summed E-state index contributed by atoms with van der Waals surface area (Å²) in [5.41, 5.74) is 0. The van der Waals surface area contributed by atoms with E-state index in [-0.39, 0.29) is 6.61 Å². The molecule has 1 atom stereocenters. The summed E-state index contributed by atoms with van der Waals surface area (Å²) in [5.74, 6) is -2.79. The highest BCUT2D eigenvalue weighted by molar-refractivity contribution is 5.83. The fourth-order valence-corrected chi connectivity index (χ4v) is 0.767. The number of hydrogen-bond donors (Lipinski definition) is 1. The van der Waals surface area contributed by atoms with Gasteiger partial charge in [-0.05, 0) is 6.92 Å². The van der Waals surface area contributed by atoms with Gasteiger partial charge in [0.2, 0.25) is 6.10 Å². The summed E-state index contributed by atoms with van der Waals surface area (Å²) in [7, 11) is 0. The molecule has 1 N–H and O–H groups in total. The third-order valence-corrected chi connectivity index (χ3v) is 1.22. The van der Waals surface area contributed by atoms with E-state index in [1.807, 2.05) is 0 Å². The largest absolute Gasteiger partial charge is 0.481 e. The fourth-order valence-electron chi connectivity index (χ4n) is 0.767. The van der Waals surface area contributed by atoms with Crippen molar-refractivity contribution in [2.75, 3.05) is 6.61 Å². The van der Waals surface area contributed by atoms with Crippen molar-refractivity contribution in [2.24, 2.45) is 0 Å². The summed E-state index contributed by atoms with van der Waals surface area (Å²) in [6.45, 7) is 2.77. The van der Waals surface area contributed by atoms with Gasteiger partial charge < -0.3 is 14.6 Å². The van der Waals surface area contributed by atoms with Crippen LogP contribution in [-0.4, -0.2) is 35.7 Å². The SMILES string of the molecule is CCOC(=O)[C@@H](CC(=O)O)OC(C)=O. The lowest BCUT2D eigenvalue weighted by atomic mass is 10.2. The zero-order chi connectivity index (χ0) is 11.1. The van der Waals surface area contributed by atoms with Crippen molar-refractivity contribution in [3.63, 3.8) is 0 Å². The molecule has 0 aliphatic rings. The first kappa shape index (κ1) is 12.4. The van der Waals surface area contributed by atoms with Crippen LogP contribution in [0.15, 0.2) is 0 Å². The average molecular weight is 204 g/mol. The van der Waals surface area contributed by atoms with Gasteiger partial charge in [-0.15, -0.1) is 0 Å². The van der Waals surface area contributed by atoms with Gasteiger partial charge in [0.1, 0.15) is 0 Å². The molecule has 14 heavy (non-hydrogen) atoms. The summed E-state index contributed by atoms with van der Waals surface area (Å²) in [4.78, 5) is 31.9. The van der Waals surface area contributed by atoms with E-state index in [0.717, 1.165) is 6.92 Å². The Labute approximate surface area is 80.8 Å². The zero-order valence-electron chi connectivity index (χ0n) is 7.98. The Morgan fingerprint density at radius 1 is 1.36 bits per heavy atom. The van der Waals surface area contributed by atoms with Crippen LogP contribution in [-0.2, 0) is 23.9 Å². The molecule has 0 unspecified atom stereocenters. The van der Waals surface area contributed by atoms with Crippen molar-refractivity contribution in [1.29, 1.82) is 0 Å². The van der Waals surface area contributed by atoms with E-state index in [2.05, 4.69) is 9.47 Å². The molecule has 0 aromatic heterocycles. The van der Waals surface area contributed by atoms with Crippen LogP contribution < -0.4 is 0 Å². The summed E-state index contributed by atoms with van der Waals surface area (Å²) in [6, 6.07) is 0. The van der Waals surface area contributed by atoms with Gasteiger partial charge in [-0.2, -0.15) is 0 Å². The van der Waals surface area contributed by atoms with E-state index in [0.29, 0.717) is 0 Å². The number of carboxylic acids is 1. The first-order valence-corrected chi connectivity index (χ1v) is 4.03. The number of esters is 2. The maximum absolute atomic E-state index is 11.1. The zero-order valence-corrected chi connectivity index (χ0v) is 7.98. The lowest BCUT2D eigenvalue weighted by molar-refractivity contribution is -0.169. The molecule has 0 aromatic carbocycles. The number of carbonyl (C=O) groups excluding carboxylic acids is 2. The average Bonchev–Trinajstić information content (AvgIpc) is 2.01. The molecule has 6 nitrogen and oxygen atoms in total. The molecule has 0 rings (SSSR count).